The molecule has 0 saturated heterocycles. The van der Waals surface area contributed by atoms with Crippen molar-refractivity contribution in [2.24, 2.45) is 0 Å². The van der Waals surface area contributed by atoms with Gasteiger partial charge in [-0.15, -0.1) is 0 Å². The van der Waals surface area contributed by atoms with Gasteiger partial charge in [0, 0.05) is 17.9 Å². The van der Waals surface area contributed by atoms with Crippen molar-refractivity contribution in [1.82, 2.24) is 0 Å². The summed E-state index contributed by atoms with van der Waals surface area (Å²) in [5.41, 5.74) is 0. The molecule has 0 aromatic rings. The average molecular weight is 939 g/mol. The molecule has 0 aliphatic carbocycles. The molecule has 378 valence electrons. The Balaban J connectivity index is -0.000000122. The monoisotopic (exact) mass is 938 g/mol. The van der Waals surface area contributed by atoms with Gasteiger partial charge in [0.1, 0.15) is 73.2 Å². The minimum Gasteiger partial charge on any atom is -0.550 e. The van der Waals surface area contributed by atoms with E-state index >= 15 is 0 Å². The Morgan fingerprint density at radius 2 is 0.562 bits per heavy atom. The van der Waals surface area contributed by atoms with E-state index in [-0.39, 0.29) is 46.5 Å². The van der Waals surface area contributed by atoms with Gasteiger partial charge < -0.3 is 121 Å². The van der Waals surface area contributed by atoms with Crippen molar-refractivity contribution in [3.63, 3.8) is 0 Å². The maximum absolute atomic E-state index is 9.90. The fourth-order valence-electron chi connectivity index (χ4n) is 3.94. The molecule has 0 radical (unpaired) electrons. The first kappa shape index (κ1) is 75.2. The minimum atomic E-state index is -1.79. The van der Waals surface area contributed by atoms with E-state index < -0.39 is 111 Å². The number of aliphatic hydroxyl groups excluding tert-OH is 15. The summed E-state index contributed by atoms with van der Waals surface area (Å²) in [5.74, 6) is -2.77. The number of unbranched alkanes of at least 4 members (excludes halogenated alkanes) is 9. The van der Waals surface area contributed by atoms with Crippen molar-refractivity contribution < 1.29 is 121 Å². The first-order chi connectivity index (χ1) is 29.4. The van der Waals surface area contributed by atoms with Crippen LogP contribution < -0.4 is 15.3 Å². The molecule has 0 amide bonds. The fourth-order valence-corrected chi connectivity index (χ4v) is 3.94. The van der Waals surface area contributed by atoms with Gasteiger partial charge in [0.05, 0.1) is 19.8 Å². The number of aliphatic carboxylic acids is 3. The number of aldehydes is 3. The quantitative estimate of drug-likeness (QED) is 0.0181. The largest absolute Gasteiger partial charge is 3.00 e. The number of aliphatic hydroxyl groups is 15. The number of carbonyl (C=O) groups excluding carboxylic acids is 6. The topological polar surface area (TPSA) is 475 Å². The van der Waals surface area contributed by atoms with Gasteiger partial charge in [-0.2, -0.15) is 0 Å². The maximum atomic E-state index is 9.90. The molecule has 0 saturated carbocycles. The number of carbonyl (C=O) groups is 6. The molecule has 0 bridgehead atoms. The Kier molecular flexibility index (Phi) is 61.7. The molecule has 0 fully saturated rings. The van der Waals surface area contributed by atoms with E-state index in [1.165, 1.54) is 0 Å². The van der Waals surface area contributed by atoms with E-state index in [0.29, 0.717) is 0 Å². The summed E-state index contributed by atoms with van der Waals surface area (Å²) >= 11 is 0. The van der Waals surface area contributed by atoms with Crippen LogP contribution in [-0.4, -0.2) is 215 Å². The van der Waals surface area contributed by atoms with E-state index in [9.17, 15) is 44.1 Å². The summed E-state index contributed by atoms with van der Waals surface area (Å²) in [6.07, 6.45) is -7.64. The predicted molar refractivity (Wildman–Crippen MR) is 219 cm³/mol. The van der Waals surface area contributed by atoms with Crippen LogP contribution in [0.25, 0.3) is 0 Å². The van der Waals surface area contributed by atoms with Crippen LogP contribution in [0, 0.1) is 0 Å². The van der Waals surface area contributed by atoms with Gasteiger partial charge in [-0.25, -0.2) is 0 Å². The van der Waals surface area contributed by atoms with Crippen LogP contribution >= 0.6 is 0 Å². The molecule has 24 nitrogen and oxygen atoms in total. The number of hydrogen-bond acceptors (Lipinski definition) is 24. The maximum Gasteiger partial charge on any atom is 3.00 e. The smallest absolute Gasteiger partial charge is 0.550 e. The molecule has 12 atom stereocenters. The molecule has 0 aliphatic rings. The van der Waals surface area contributed by atoms with Crippen LogP contribution in [0.3, 0.4) is 0 Å². The molecule has 12 unspecified atom stereocenters. The summed E-state index contributed by atoms with van der Waals surface area (Å²) in [4.78, 5) is 59.2. The third-order valence-electron chi connectivity index (χ3n) is 7.96. The molecule has 25 heteroatoms. The van der Waals surface area contributed by atoms with Crippen LogP contribution in [0.2, 0.25) is 0 Å². The van der Waals surface area contributed by atoms with Crippen LogP contribution in [0.4, 0.5) is 0 Å². The third kappa shape index (κ3) is 49.9. The normalized spacial score (nSPS) is 15.8. The summed E-state index contributed by atoms with van der Waals surface area (Å²) < 4.78 is 0. The number of carboxylic acids is 3. The SMILES string of the molecule is CCCCCCC(=O)[O-].CCCCCCC(=O)[O-].CCCCCCC(=O)[O-].O=CC(O)C(O)C(O)C(O)CO.O=CC(O)C(O)C(O)C(O)CO.O=CC(O)C(O)C(O)C(O)CO.[B+3]. The zero-order valence-corrected chi connectivity index (χ0v) is 36.8. The molecular weight excluding hydrogens is 863 g/mol. The molecule has 0 aromatic heterocycles. The van der Waals surface area contributed by atoms with Crippen LogP contribution in [0.5, 0.6) is 0 Å². The van der Waals surface area contributed by atoms with Crippen LogP contribution in [-0.2, 0) is 28.8 Å². The Morgan fingerprint density at radius 1 is 0.375 bits per heavy atom. The summed E-state index contributed by atoms with van der Waals surface area (Å²) in [5, 5.41) is 160. The van der Waals surface area contributed by atoms with Gasteiger partial charge in [0.2, 0.25) is 0 Å². The first-order valence-electron chi connectivity index (χ1n) is 20.4. The first-order valence-corrected chi connectivity index (χ1v) is 20.4. The van der Waals surface area contributed by atoms with Crippen molar-refractivity contribution in [3.8, 4) is 0 Å². The zero-order chi connectivity index (χ0) is 50.5. The van der Waals surface area contributed by atoms with E-state index in [2.05, 4.69) is 20.8 Å². The standard InChI is InChI=1S/3C7H14O2.3C6H12O6.B/c3*1-2-3-4-5-6-7(8)9;3*7-1-3(9)5(11)6(12)4(10)2-8;/h3*2-6H2,1H3,(H,8,9);3*1,3-6,8-12H,2H2;/q;;;;;;+3/p-3. The second kappa shape index (κ2) is 52.5. The second-order valence-corrected chi connectivity index (χ2v) is 13.6. The number of rotatable bonds is 30. The molecule has 0 aliphatic heterocycles. The Bertz CT molecular complexity index is 949. The number of carboxylic acid groups (broad SMARTS) is 3. The summed E-state index contributed by atoms with van der Waals surface area (Å²) in [6, 6.07) is 0. The van der Waals surface area contributed by atoms with Gasteiger partial charge in [0.25, 0.3) is 0 Å². The Labute approximate surface area is 375 Å². The Morgan fingerprint density at radius 3 is 0.688 bits per heavy atom. The summed E-state index contributed by atoms with van der Waals surface area (Å²) in [7, 11) is 0. The molecule has 0 aromatic carbocycles. The fraction of sp³-hybridized carbons (Fsp3) is 0.846. The summed E-state index contributed by atoms with van der Waals surface area (Å²) in [6.45, 7) is 4.01. The molecule has 0 rings (SSSR count). The van der Waals surface area contributed by atoms with Crippen molar-refractivity contribution >= 4 is 45.2 Å². The minimum absolute atomic E-state index is 0. The third-order valence-corrected chi connectivity index (χ3v) is 7.96. The predicted octanol–water partition coefficient (Wildman–Crippen LogP) is -8.40. The van der Waals surface area contributed by atoms with Crippen molar-refractivity contribution in [2.75, 3.05) is 19.8 Å². The van der Waals surface area contributed by atoms with Crippen molar-refractivity contribution in [2.45, 2.75) is 190 Å². The van der Waals surface area contributed by atoms with E-state index in [4.69, 9.17) is 76.6 Å². The van der Waals surface area contributed by atoms with Gasteiger partial charge in [0.15, 0.2) is 18.9 Å². The van der Waals surface area contributed by atoms with E-state index in [1.807, 2.05) is 0 Å². The Hall–Kier alpha value is -3.12. The number of hydrogen-bond donors (Lipinski definition) is 15. The second-order valence-electron chi connectivity index (χ2n) is 13.6. The molecule has 15 N–H and O–H groups in total. The molecular formula is C39H75BO24. The molecule has 0 spiro atoms. The van der Waals surface area contributed by atoms with Crippen molar-refractivity contribution in [1.29, 1.82) is 0 Å². The van der Waals surface area contributed by atoms with Crippen LogP contribution in [0.1, 0.15) is 117 Å². The van der Waals surface area contributed by atoms with Crippen molar-refractivity contribution in [3.05, 3.63) is 0 Å². The zero-order valence-electron chi connectivity index (χ0n) is 36.8. The van der Waals surface area contributed by atoms with Gasteiger partial charge in [-0.05, 0) is 38.5 Å². The van der Waals surface area contributed by atoms with E-state index in [0.717, 1.165) is 77.0 Å². The average Bonchev–Trinajstić information content (AvgIpc) is 3.28. The van der Waals surface area contributed by atoms with Gasteiger partial charge in [-0.1, -0.05) is 78.6 Å². The van der Waals surface area contributed by atoms with Gasteiger partial charge in [-0.3, -0.25) is 0 Å². The van der Waals surface area contributed by atoms with Gasteiger partial charge >= 0.3 is 8.41 Å². The molecule has 64 heavy (non-hydrogen) atoms. The van der Waals surface area contributed by atoms with Crippen LogP contribution in [0.15, 0.2) is 0 Å². The molecule has 0 heterocycles. The van der Waals surface area contributed by atoms with E-state index in [1.54, 1.807) is 0 Å².